The maximum Gasteiger partial charge on any atom is 0.227 e. The van der Waals surface area contributed by atoms with Crippen LogP contribution in [0.1, 0.15) is 0 Å². The fraction of sp³-hybridized carbons (Fsp3) is 1.00. The monoisotopic (exact) mass is 201 g/mol. The lowest BCUT2D eigenvalue weighted by Crippen LogP contribution is -2.30. The van der Waals surface area contributed by atoms with Gasteiger partial charge in [-0.25, -0.2) is 12.7 Å². The Morgan fingerprint density at radius 2 is 2.09 bits per heavy atom. The Kier molecular flexibility index (Phi) is 4.99. The lowest BCUT2D eigenvalue weighted by Gasteiger charge is -2.13. The van der Waals surface area contributed by atoms with Gasteiger partial charge in [0, 0.05) is 20.7 Å². The van der Waals surface area contributed by atoms with Crippen molar-refractivity contribution in [3.8, 4) is 0 Å². The van der Waals surface area contributed by atoms with Crippen LogP contribution >= 0.6 is 11.6 Å². The van der Waals surface area contributed by atoms with Gasteiger partial charge in [-0.3, -0.25) is 0 Å². The van der Waals surface area contributed by atoms with Crippen molar-refractivity contribution in [2.45, 2.75) is 0 Å². The molecule has 0 aliphatic carbocycles. The molecule has 0 N–H and O–H groups in total. The smallest absolute Gasteiger partial charge is 0.227 e. The Bertz CT molecular complexity index is 192. The van der Waals surface area contributed by atoms with Gasteiger partial charge in [-0.15, -0.1) is 11.6 Å². The summed E-state index contributed by atoms with van der Waals surface area (Å²) in [5.41, 5.74) is 0. The number of ether oxygens (including phenoxy) is 1. The van der Waals surface area contributed by atoms with E-state index in [4.69, 9.17) is 16.3 Å². The molecule has 11 heavy (non-hydrogen) atoms. The molecular weight excluding hydrogens is 190 g/mol. The number of halogens is 1. The summed E-state index contributed by atoms with van der Waals surface area (Å²) in [5.74, 6) is 0. The minimum atomic E-state index is -3.25. The van der Waals surface area contributed by atoms with E-state index in [-0.39, 0.29) is 5.21 Å². The quantitative estimate of drug-likeness (QED) is 0.593. The van der Waals surface area contributed by atoms with Crippen molar-refractivity contribution in [2.24, 2.45) is 0 Å². The van der Waals surface area contributed by atoms with Crippen LogP contribution in [-0.4, -0.2) is 45.2 Å². The number of rotatable bonds is 5. The van der Waals surface area contributed by atoms with E-state index in [9.17, 15) is 8.42 Å². The predicted octanol–water partition coefficient (Wildman–Crippen LogP) is 0.0907. The van der Waals surface area contributed by atoms with Crippen LogP contribution in [0.3, 0.4) is 0 Å². The fourth-order valence-corrected chi connectivity index (χ4v) is 1.46. The van der Waals surface area contributed by atoms with Gasteiger partial charge >= 0.3 is 0 Å². The summed E-state index contributed by atoms with van der Waals surface area (Å²) in [5, 5.41) is -0.382. The molecular formula is C5H12ClNO3S. The number of likely N-dealkylation sites (N-methyl/N-ethyl adjacent to an activating group) is 1. The van der Waals surface area contributed by atoms with E-state index in [1.54, 1.807) is 0 Å². The van der Waals surface area contributed by atoms with E-state index in [1.807, 2.05) is 0 Å². The molecule has 0 amide bonds. The molecule has 0 aliphatic rings. The first-order valence-corrected chi connectivity index (χ1v) is 5.18. The van der Waals surface area contributed by atoms with Crippen molar-refractivity contribution in [1.82, 2.24) is 4.31 Å². The van der Waals surface area contributed by atoms with Gasteiger partial charge < -0.3 is 4.74 Å². The summed E-state index contributed by atoms with van der Waals surface area (Å²) < 4.78 is 27.8. The molecule has 0 aromatic rings. The van der Waals surface area contributed by atoms with Crippen molar-refractivity contribution in [3.63, 3.8) is 0 Å². The molecule has 0 fully saturated rings. The Hall–Kier alpha value is 0.160. The highest BCUT2D eigenvalue weighted by molar-refractivity contribution is 7.90. The highest BCUT2D eigenvalue weighted by Crippen LogP contribution is 1.99. The molecule has 0 saturated heterocycles. The minimum absolute atomic E-state index is 0.339. The average molecular weight is 202 g/mol. The van der Waals surface area contributed by atoms with Crippen LogP contribution in [0.4, 0.5) is 0 Å². The highest BCUT2D eigenvalue weighted by atomic mass is 35.5. The zero-order chi connectivity index (χ0) is 8.91. The molecule has 0 aromatic heterocycles. The molecule has 0 rings (SSSR count). The van der Waals surface area contributed by atoms with Crippen LogP contribution in [-0.2, 0) is 14.8 Å². The number of nitrogens with zero attached hydrogens (tertiary/aromatic N) is 1. The van der Waals surface area contributed by atoms with Crippen molar-refractivity contribution < 1.29 is 13.2 Å². The van der Waals surface area contributed by atoms with Crippen LogP contribution in [0.5, 0.6) is 0 Å². The van der Waals surface area contributed by atoms with Crippen molar-refractivity contribution in [3.05, 3.63) is 0 Å². The van der Waals surface area contributed by atoms with Crippen LogP contribution < -0.4 is 0 Å². The van der Waals surface area contributed by atoms with Gasteiger partial charge in [0.05, 0.1) is 6.61 Å². The first-order chi connectivity index (χ1) is 5.04. The van der Waals surface area contributed by atoms with E-state index in [2.05, 4.69) is 0 Å². The number of methoxy groups -OCH3 is 1. The maximum atomic E-state index is 10.9. The summed E-state index contributed by atoms with van der Waals surface area (Å²) in [6.07, 6.45) is 0. The van der Waals surface area contributed by atoms with E-state index in [0.717, 1.165) is 0 Å². The molecule has 0 atom stereocenters. The lowest BCUT2D eigenvalue weighted by atomic mass is 10.7. The van der Waals surface area contributed by atoms with Gasteiger partial charge in [0.1, 0.15) is 5.21 Å². The summed E-state index contributed by atoms with van der Waals surface area (Å²) in [6, 6.07) is 0. The van der Waals surface area contributed by atoms with E-state index in [0.29, 0.717) is 13.2 Å². The predicted molar refractivity (Wildman–Crippen MR) is 44.1 cm³/mol. The topological polar surface area (TPSA) is 46.6 Å². The van der Waals surface area contributed by atoms with Crippen LogP contribution in [0, 0.1) is 0 Å². The summed E-state index contributed by atoms with van der Waals surface area (Å²) >= 11 is 5.20. The third-order valence-electron chi connectivity index (χ3n) is 1.22. The van der Waals surface area contributed by atoms with Crippen molar-refractivity contribution in [1.29, 1.82) is 0 Å². The zero-order valence-electron chi connectivity index (χ0n) is 6.58. The van der Waals surface area contributed by atoms with Crippen LogP contribution in [0.25, 0.3) is 0 Å². The van der Waals surface area contributed by atoms with Crippen molar-refractivity contribution >= 4 is 21.6 Å². The Morgan fingerprint density at radius 1 is 1.55 bits per heavy atom. The Labute approximate surface area is 72.1 Å². The molecule has 0 unspecified atom stereocenters. The van der Waals surface area contributed by atoms with Crippen LogP contribution in [0.2, 0.25) is 0 Å². The van der Waals surface area contributed by atoms with E-state index >= 15 is 0 Å². The molecule has 0 aliphatic heterocycles. The number of alkyl halides is 1. The molecule has 0 bridgehead atoms. The van der Waals surface area contributed by atoms with Gasteiger partial charge in [0.2, 0.25) is 10.0 Å². The molecule has 0 aromatic carbocycles. The number of hydrogen-bond acceptors (Lipinski definition) is 3. The second-order valence-corrected chi connectivity index (χ2v) is 4.70. The Balaban J connectivity index is 3.93. The fourth-order valence-electron chi connectivity index (χ4n) is 0.442. The van der Waals surface area contributed by atoms with Crippen LogP contribution in [0.15, 0.2) is 0 Å². The largest absolute Gasteiger partial charge is 0.383 e. The van der Waals surface area contributed by atoms with Gasteiger partial charge in [-0.05, 0) is 0 Å². The second kappa shape index (κ2) is 4.92. The SMILES string of the molecule is COCCN(C)S(=O)(=O)CCl. The molecule has 6 heteroatoms. The summed E-state index contributed by atoms with van der Waals surface area (Å²) in [4.78, 5) is 0. The number of sulfonamides is 1. The molecule has 4 nitrogen and oxygen atoms in total. The first-order valence-electron chi connectivity index (χ1n) is 3.03. The summed E-state index contributed by atoms with van der Waals surface area (Å²) in [6.45, 7) is 0.720. The first kappa shape index (κ1) is 11.2. The molecule has 0 heterocycles. The molecule has 0 saturated carbocycles. The van der Waals surface area contributed by atoms with Gasteiger partial charge in [-0.1, -0.05) is 0 Å². The van der Waals surface area contributed by atoms with E-state index < -0.39 is 10.0 Å². The Morgan fingerprint density at radius 3 is 2.45 bits per heavy atom. The summed E-state index contributed by atoms with van der Waals surface area (Å²) in [7, 11) is -0.268. The molecule has 68 valence electrons. The van der Waals surface area contributed by atoms with Gasteiger partial charge in [-0.2, -0.15) is 0 Å². The molecule has 0 spiro atoms. The third-order valence-corrected chi connectivity index (χ3v) is 3.46. The minimum Gasteiger partial charge on any atom is -0.383 e. The average Bonchev–Trinajstić information content (AvgIpc) is 2.00. The number of hydrogen-bond donors (Lipinski definition) is 0. The molecule has 0 radical (unpaired) electrons. The van der Waals surface area contributed by atoms with Gasteiger partial charge in [0.15, 0.2) is 0 Å². The highest BCUT2D eigenvalue weighted by Gasteiger charge is 2.14. The second-order valence-electron chi connectivity index (χ2n) is 2.04. The zero-order valence-corrected chi connectivity index (χ0v) is 8.15. The normalized spacial score (nSPS) is 12.4. The lowest BCUT2D eigenvalue weighted by molar-refractivity contribution is 0.185. The maximum absolute atomic E-state index is 10.9. The van der Waals surface area contributed by atoms with Crippen molar-refractivity contribution in [2.75, 3.05) is 32.5 Å². The standard InChI is InChI=1S/C5H12ClNO3S/c1-7(3-4-10-2)11(8,9)5-6/h3-5H2,1-2H3. The van der Waals surface area contributed by atoms with Gasteiger partial charge in [0.25, 0.3) is 0 Å². The third kappa shape index (κ3) is 3.91. The van der Waals surface area contributed by atoms with E-state index in [1.165, 1.54) is 18.5 Å².